The highest BCUT2D eigenvalue weighted by atomic mass is 32.1. The number of nitrogens with two attached hydrogens (primary N) is 1. The molecule has 1 heterocycles. The summed E-state index contributed by atoms with van der Waals surface area (Å²) in [5.41, 5.74) is 6.70. The Bertz CT molecular complexity index is 696. The van der Waals surface area contributed by atoms with Crippen LogP contribution in [0.15, 0.2) is 23.6 Å². The van der Waals surface area contributed by atoms with E-state index >= 15 is 0 Å². The Morgan fingerprint density at radius 3 is 2.81 bits per heavy atom. The average Bonchev–Trinajstić information content (AvgIpc) is 2.90. The molecule has 8 heteroatoms. The number of aromatic nitrogens is 1. The van der Waals surface area contributed by atoms with Gasteiger partial charge in [0.2, 0.25) is 0 Å². The third-order valence-corrected chi connectivity index (χ3v) is 3.94. The molecule has 7 nitrogen and oxygen atoms in total. The number of hydrogen-bond acceptors (Lipinski definition) is 6. The summed E-state index contributed by atoms with van der Waals surface area (Å²) >= 11 is 1.30. The van der Waals surface area contributed by atoms with Crippen LogP contribution in [0.25, 0.3) is 0 Å². The number of nitrogens with one attached hydrogen (secondary N) is 1. The normalized spacial score (nSPS) is 12.0. The van der Waals surface area contributed by atoms with Crippen LogP contribution < -0.4 is 11.1 Å². The van der Waals surface area contributed by atoms with Crippen LogP contribution in [0.2, 0.25) is 0 Å². The minimum Gasteiger partial charge on any atom is -0.322 e. The van der Waals surface area contributed by atoms with Crippen molar-refractivity contribution in [2.75, 3.05) is 5.32 Å². The zero-order valence-corrected chi connectivity index (χ0v) is 12.3. The van der Waals surface area contributed by atoms with E-state index in [-0.39, 0.29) is 17.4 Å². The van der Waals surface area contributed by atoms with E-state index in [1.165, 1.54) is 23.5 Å². The summed E-state index contributed by atoms with van der Waals surface area (Å²) in [6, 6.07) is 4.28. The molecule has 0 bridgehead atoms. The number of nitro groups is 1. The van der Waals surface area contributed by atoms with Gasteiger partial charge in [0.1, 0.15) is 10.7 Å². The van der Waals surface area contributed by atoms with E-state index in [9.17, 15) is 14.9 Å². The monoisotopic (exact) mass is 306 g/mol. The first-order valence-corrected chi connectivity index (χ1v) is 7.04. The average molecular weight is 306 g/mol. The van der Waals surface area contributed by atoms with E-state index in [1.807, 2.05) is 0 Å². The van der Waals surface area contributed by atoms with Crippen molar-refractivity contribution in [1.82, 2.24) is 4.98 Å². The number of benzene rings is 1. The Hall–Kier alpha value is -2.32. The van der Waals surface area contributed by atoms with Crippen molar-refractivity contribution < 1.29 is 9.72 Å². The number of thiazole rings is 1. The van der Waals surface area contributed by atoms with Crippen molar-refractivity contribution >= 4 is 28.6 Å². The van der Waals surface area contributed by atoms with Gasteiger partial charge in [-0.2, -0.15) is 0 Å². The van der Waals surface area contributed by atoms with Gasteiger partial charge in [0.15, 0.2) is 0 Å². The summed E-state index contributed by atoms with van der Waals surface area (Å²) in [5, 5.41) is 15.8. The van der Waals surface area contributed by atoms with Crippen molar-refractivity contribution in [3.05, 3.63) is 50.0 Å². The topological polar surface area (TPSA) is 111 Å². The molecule has 1 unspecified atom stereocenters. The molecule has 1 atom stereocenters. The Morgan fingerprint density at radius 2 is 2.24 bits per heavy atom. The maximum Gasteiger partial charge on any atom is 0.275 e. The van der Waals surface area contributed by atoms with Crippen molar-refractivity contribution in [3.8, 4) is 0 Å². The summed E-state index contributed by atoms with van der Waals surface area (Å²) in [5.74, 6) is -0.415. The molecule has 0 aliphatic carbocycles. The molecular weight excluding hydrogens is 292 g/mol. The van der Waals surface area contributed by atoms with E-state index < -0.39 is 10.8 Å². The highest BCUT2D eigenvalue weighted by molar-refractivity contribution is 7.09. The number of hydrogen-bond donors (Lipinski definition) is 2. The van der Waals surface area contributed by atoms with Crippen molar-refractivity contribution in [2.24, 2.45) is 5.73 Å². The van der Waals surface area contributed by atoms with E-state index in [0.717, 1.165) is 0 Å². The maximum atomic E-state index is 12.1. The molecule has 0 aliphatic heterocycles. The van der Waals surface area contributed by atoms with Crippen LogP contribution in [0.3, 0.4) is 0 Å². The quantitative estimate of drug-likeness (QED) is 0.666. The van der Waals surface area contributed by atoms with Crippen LogP contribution in [0, 0.1) is 17.0 Å². The van der Waals surface area contributed by atoms with Crippen LogP contribution in [-0.2, 0) is 0 Å². The smallest absolute Gasteiger partial charge is 0.275 e. The van der Waals surface area contributed by atoms with Gasteiger partial charge in [-0.15, -0.1) is 11.3 Å². The summed E-state index contributed by atoms with van der Waals surface area (Å²) < 4.78 is 0. The van der Waals surface area contributed by atoms with Gasteiger partial charge in [-0.25, -0.2) is 4.98 Å². The number of amides is 1. The molecule has 0 aliphatic rings. The van der Waals surface area contributed by atoms with Gasteiger partial charge in [-0.05, 0) is 19.9 Å². The largest absolute Gasteiger partial charge is 0.322 e. The predicted octanol–water partition coefficient (Wildman–Crippen LogP) is 2.63. The van der Waals surface area contributed by atoms with Crippen molar-refractivity contribution in [3.63, 3.8) is 0 Å². The first kappa shape index (κ1) is 15.1. The predicted molar refractivity (Wildman–Crippen MR) is 80.5 cm³/mol. The van der Waals surface area contributed by atoms with Crippen LogP contribution in [0.4, 0.5) is 11.4 Å². The van der Waals surface area contributed by atoms with Crippen LogP contribution >= 0.6 is 11.3 Å². The lowest BCUT2D eigenvalue weighted by molar-refractivity contribution is -0.385. The minimum atomic E-state index is -0.484. The molecule has 2 rings (SSSR count). The van der Waals surface area contributed by atoms with E-state index in [1.54, 1.807) is 25.3 Å². The molecule has 3 N–H and O–H groups in total. The molecule has 0 spiro atoms. The van der Waals surface area contributed by atoms with Crippen molar-refractivity contribution in [1.29, 1.82) is 0 Å². The maximum absolute atomic E-state index is 12.1. The molecule has 0 saturated carbocycles. The third kappa shape index (κ3) is 3.23. The lowest BCUT2D eigenvalue weighted by Crippen LogP contribution is -2.14. The summed E-state index contributed by atoms with van der Waals surface area (Å²) in [6.45, 7) is 3.37. The standard InChI is InChI=1S/C13H14N4O3S/c1-7-9(4-3-5-11(7)17(19)20)15-12(18)10-6-21-13(16-10)8(2)14/h3-6,8H,14H2,1-2H3,(H,15,18). The number of rotatable bonds is 4. The Morgan fingerprint density at radius 1 is 1.52 bits per heavy atom. The van der Waals surface area contributed by atoms with Crippen LogP contribution in [-0.4, -0.2) is 15.8 Å². The molecular formula is C13H14N4O3S. The number of anilines is 1. The molecule has 2 aromatic rings. The molecule has 0 fully saturated rings. The van der Waals surface area contributed by atoms with Crippen LogP contribution in [0.1, 0.15) is 34.0 Å². The molecule has 110 valence electrons. The molecule has 0 radical (unpaired) electrons. The van der Waals surface area contributed by atoms with E-state index in [4.69, 9.17) is 5.73 Å². The molecule has 1 aromatic heterocycles. The Balaban J connectivity index is 2.23. The number of carbonyl (C=O) groups excluding carboxylic acids is 1. The van der Waals surface area contributed by atoms with Gasteiger partial charge >= 0.3 is 0 Å². The van der Waals surface area contributed by atoms with Gasteiger partial charge in [-0.3, -0.25) is 14.9 Å². The van der Waals surface area contributed by atoms with Gasteiger partial charge in [-0.1, -0.05) is 6.07 Å². The van der Waals surface area contributed by atoms with Gasteiger partial charge < -0.3 is 11.1 Å². The summed E-state index contributed by atoms with van der Waals surface area (Å²) in [6.07, 6.45) is 0. The fourth-order valence-electron chi connectivity index (χ4n) is 1.74. The molecule has 21 heavy (non-hydrogen) atoms. The first-order valence-electron chi connectivity index (χ1n) is 6.16. The summed E-state index contributed by atoms with van der Waals surface area (Å²) in [7, 11) is 0. The number of nitro benzene ring substituents is 1. The van der Waals surface area contributed by atoms with E-state index in [0.29, 0.717) is 16.3 Å². The highest BCUT2D eigenvalue weighted by Crippen LogP contribution is 2.25. The zero-order chi connectivity index (χ0) is 15.6. The number of carbonyl (C=O) groups is 1. The van der Waals surface area contributed by atoms with Gasteiger partial charge in [0, 0.05) is 11.4 Å². The lowest BCUT2D eigenvalue weighted by atomic mass is 10.1. The molecule has 1 aromatic carbocycles. The fraction of sp³-hybridized carbons (Fsp3) is 0.231. The molecule has 1 amide bonds. The van der Waals surface area contributed by atoms with Gasteiger partial charge in [0.05, 0.1) is 22.2 Å². The van der Waals surface area contributed by atoms with Crippen LogP contribution in [0.5, 0.6) is 0 Å². The summed E-state index contributed by atoms with van der Waals surface area (Å²) in [4.78, 5) is 26.6. The Kier molecular flexibility index (Phi) is 4.29. The number of nitrogens with zero attached hydrogens (tertiary/aromatic N) is 2. The third-order valence-electron chi connectivity index (χ3n) is 2.89. The lowest BCUT2D eigenvalue weighted by Gasteiger charge is -2.07. The highest BCUT2D eigenvalue weighted by Gasteiger charge is 2.17. The van der Waals surface area contributed by atoms with E-state index in [2.05, 4.69) is 10.3 Å². The SMILES string of the molecule is Cc1c(NC(=O)c2csc(C(C)N)n2)cccc1[N+](=O)[O-]. The first-order chi connectivity index (χ1) is 9.90. The molecule has 0 saturated heterocycles. The Labute approximate surface area is 125 Å². The second-order valence-corrected chi connectivity index (χ2v) is 5.41. The second kappa shape index (κ2) is 5.98. The van der Waals surface area contributed by atoms with Crippen molar-refractivity contribution in [2.45, 2.75) is 19.9 Å². The minimum absolute atomic E-state index is 0.0395. The zero-order valence-electron chi connectivity index (χ0n) is 11.5. The van der Waals surface area contributed by atoms with Gasteiger partial charge in [0.25, 0.3) is 11.6 Å². The fourth-order valence-corrected chi connectivity index (χ4v) is 2.50. The second-order valence-electron chi connectivity index (χ2n) is 4.52.